The van der Waals surface area contributed by atoms with Crippen molar-refractivity contribution in [2.45, 2.75) is 0 Å². The van der Waals surface area contributed by atoms with Crippen LogP contribution in [-0.2, 0) is 0 Å². The monoisotopic (exact) mass is 315 g/mol. The summed E-state index contributed by atoms with van der Waals surface area (Å²) >= 11 is 0. The summed E-state index contributed by atoms with van der Waals surface area (Å²) in [6.45, 7) is 0. The molecule has 0 aliphatic rings. The summed E-state index contributed by atoms with van der Waals surface area (Å²) in [6.07, 6.45) is 5.55. The molecule has 3 aromatic rings. The van der Waals surface area contributed by atoms with Gasteiger partial charge in [-0.25, -0.2) is 5.43 Å². The highest BCUT2D eigenvalue weighted by Crippen LogP contribution is 2.07. The summed E-state index contributed by atoms with van der Waals surface area (Å²) in [7, 11) is 0. The van der Waals surface area contributed by atoms with Crippen molar-refractivity contribution in [2.75, 3.05) is 0 Å². The number of H-pyrrole nitrogens is 1. The first-order valence-corrected chi connectivity index (χ1v) is 7.63. The molecule has 24 heavy (non-hydrogen) atoms. The molecule has 0 fully saturated rings. The summed E-state index contributed by atoms with van der Waals surface area (Å²) < 4.78 is 0. The molecule has 1 aromatic heterocycles. The molecule has 0 saturated carbocycles. The molecule has 0 radical (unpaired) electrons. The van der Waals surface area contributed by atoms with Crippen molar-refractivity contribution in [2.24, 2.45) is 5.10 Å². The zero-order valence-corrected chi connectivity index (χ0v) is 13.0. The van der Waals surface area contributed by atoms with Gasteiger partial charge in [-0.05, 0) is 23.8 Å². The van der Waals surface area contributed by atoms with Crippen molar-refractivity contribution in [1.29, 1.82) is 0 Å². The Bertz CT molecular complexity index is 835. The van der Waals surface area contributed by atoms with Crippen LogP contribution >= 0.6 is 0 Å². The Hall–Kier alpha value is -3.40. The lowest BCUT2D eigenvalue weighted by atomic mass is 10.1. The van der Waals surface area contributed by atoms with Gasteiger partial charge in [0.15, 0.2) is 0 Å². The Kier molecular flexibility index (Phi) is 5.00. The van der Waals surface area contributed by atoms with E-state index in [1.165, 1.54) is 0 Å². The van der Waals surface area contributed by atoms with Crippen LogP contribution in [0.15, 0.2) is 90.2 Å². The molecule has 1 heterocycles. The summed E-state index contributed by atoms with van der Waals surface area (Å²) in [5.74, 6) is -0.276. The van der Waals surface area contributed by atoms with Crippen molar-refractivity contribution in [3.05, 3.63) is 102 Å². The van der Waals surface area contributed by atoms with Crippen LogP contribution in [0, 0.1) is 0 Å². The second kappa shape index (κ2) is 7.74. The number of benzene rings is 2. The maximum absolute atomic E-state index is 12.0. The zero-order chi connectivity index (χ0) is 16.6. The number of allylic oxidation sites excluding steroid dienone is 1. The molecule has 0 saturated heterocycles. The second-order valence-corrected chi connectivity index (χ2v) is 5.13. The number of carbonyl (C=O) groups excluding carboxylic acids is 1. The SMILES string of the molecule is O=C(N/N=C(\C=C\c1ccccc1)c1ccccc1)c1ccc[nH]1. The van der Waals surface area contributed by atoms with E-state index < -0.39 is 0 Å². The molecule has 1 amide bonds. The average Bonchev–Trinajstić information content (AvgIpc) is 3.18. The normalized spacial score (nSPS) is 11.6. The number of nitrogens with one attached hydrogen (secondary N) is 2. The van der Waals surface area contributed by atoms with Crippen molar-refractivity contribution in [3.8, 4) is 0 Å². The van der Waals surface area contributed by atoms with Crippen LogP contribution in [-0.4, -0.2) is 16.6 Å². The fourth-order valence-corrected chi connectivity index (χ4v) is 2.19. The van der Waals surface area contributed by atoms with E-state index >= 15 is 0 Å². The Labute approximate surface area is 140 Å². The number of nitrogens with zero attached hydrogens (tertiary/aromatic N) is 1. The van der Waals surface area contributed by atoms with Gasteiger partial charge >= 0.3 is 0 Å². The minimum absolute atomic E-state index is 0.276. The molecular weight excluding hydrogens is 298 g/mol. The first kappa shape index (κ1) is 15.5. The van der Waals surface area contributed by atoms with E-state index in [2.05, 4.69) is 15.5 Å². The van der Waals surface area contributed by atoms with E-state index in [4.69, 9.17) is 0 Å². The Morgan fingerprint density at radius 2 is 1.62 bits per heavy atom. The topological polar surface area (TPSA) is 57.2 Å². The van der Waals surface area contributed by atoms with Gasteiger partial charge in [0.05, 0.1) is 5.71 Å². The molecule has 0 spiro atoms. The second-order valence-electron chi connectivity index (χ2n) is 5.13. The van der Waals surface area contributed by atoms with Crippen LogP contribution in [0.1, 0.15) is 21.6 Å². The largest absolute Gasteiger partial charge is 0.357 e. The highest BCUT2D eigenvalue weighted by Gasteiger charge is 2.05. The van der Waals surface area contributed by atoms with Crippen LogP contribution in [0.4, 0.5) is 0 Å². The molecule has 118 valence electrons. The number of rotatable bonds is 5. The Morgan fingerprint density at radius 3 is 2.29 bits per heavy atom. The van der Waals surface area contributed by atoms with E-state index in [1.807, 2.05) is 72.8 Å². The smallest absolute Gasteiger partial charge is 0.287 e. The molecule has 4 nitrogen and oxygen atoms in total. The van der Waals surface area contributed by atoms with Gasteiger partial charge in [-0.3, -0.25) is 4.79 Å². The molecule has 0 aliphatic carbocycles. The molecule has 0 aliphatic heterocycles. The van der Waals surface area contributed by atoms with E-state index in [-0.39, 0.29) is 5.91 Å². The van der Waals surface area contributed by atoms with Crippen molar-refractivity contribution in [3.63, 3.8) is 0 Å². The quantitative estimate of drug-likeness (QED) is 0.545. The zero-order valence-electron chi connectivity index (χ0n) is 13.0. The predicted octanol–water partition coefficient (Wildman–Crippen LogP) is 3.86. The number of carbonyl (C=O) groups is 1. The maximum Gasteiger partial charge on any atom is 0.287 e. The van der Waals surface area contributed by atoms with Crippen LogP contribution in [0.5, 0.6) is 0 Å². The van der Waals surface area contributed by atoms with Crippen molar-refractivity contribution < 1.29 is 4.79 Å². The van der Waals surface area contributed by atoms with Gasteiger partial charge < -0.3 is 4.98 Å². The van der Waals surface area contributed by atoms with Gasteiger partial charge in [-0.15, -0.1) is 0 Å². The van der Waals surface area contributed by atoms with E-state index in [1.54, 1.807) is 18.3 Å². The minimum Gasteiger partial charge on any atom is -0.357 e. The maximum atomic E-state index is 12.0. The third kappa shape index (κ3) is 4.08. The van der Waals surface area contributed by atoms with Crippen LogP contribution in [0.2, 0.25) is 0 Å². The summed E-state index contributed by atoms with van der Waals surface area (Å²) in [6, 6.07) is 23.1. The lowest BCUT2D eigenvalue weighted by molar-refractivity contribution is 0.0950. The lowest BCUT2D eigenvalue weighted by Gasteiger charge is -2.03. The van der Waals surface area contributed by atoms with Crippen LogP contribution in [0.25, 0.3) is 6.08 Å². The number of amides is 1. The van der Waals surface area contributed by atoms with E-state index in [9.17, 15) is 4.79 Å². The highest BCUT2D eigenvalue weighted by molar-refractivity contribution is 6.11. The van der Waals surface area contributed by atoms with Crippen molar-refractivity contribution in [1.82, 2.24) is 10.4 Å². The minimum atomic E-state index is -0.276. The summed E-state index contributed by atoms with van der Waals surface area (Å²) in [4.78, 5) is 14.9. The van der Waals surface area contributed by atoms with Crippen LogP contribution in [0.3, 0.4) is 0 Å². The summed E-state index contributed by atoms with van der Waals surface area (Å²) in [5, 5.41) is 4.28. The van der Waals surface area contributed by atoms with Gasteiger partial charge in [-0.2, -0.15) is 5.10 Å². The highest BCUT2D eigenvalue weighted by atomic mass is 16.2. The number of aromatic nitrogens is 1. The molecule has 0 atom stereocenters. The predicted molar refractivity (Wildman–Crippen MR) is 96.7 cm³/mol. The first-order chi connectivity index (χ1) is 11.8. The first-order valence-electron chi connectivity index (χ1n) is 7.63. The van der Waals surface area contributed by atoms with E-state index in [0.717, 1.165) is 11.1 Å². The number of aromatic amines is 1. The fraction of sp³-hybridized carbons (Fsp3) is 0. The molecule has 2 aromatic carbocycles. The lowest BCUT2D eigenvalue weighted by Crippen LogP contribution is -2.19. The van der Waals surface area contributed by atoms with Gasteiger partial charge in [0, 0.05) is 11.8 Å². The standard InChI is InChI=1S/C20H17N3O/c24-20(19-12-7-15-21-19)23-22-18(17-10-5-2-6-11-17)14-13-16-8-3-1-4-9-16/h1-15,21H,(H,23,24)/b14-13+,22-18+. The number of hydrazone groups is 1. The molecule has 2 N–H and O–H groups in total. The molecule has 0 bridgehead atoms. The molecule has 0 unspecified atom stereocenters. The summed E-state index contributed by atoms with van der Waals surface area (Å²) in [5.41, 5.74) is 5.73. The fourth-order valence-electron chi connectivity index (χ4n) is 2.19. The van der Waals surface area contributed by atoms with Gasteiger partial charge in [0.2, 0.25) is 0 Å². The Balaban J connectivity index is 1.83. The molecular formula is C20H17N3O. The number of hydrogen-bond donors (Lipinski definition) is 2. The molecule has 4 heteroatoms. The van der Waals surface area contributed by atoms with Crippen molar-refractivity contribution >= 4 is 17.7 Å². The van der Waals surface area contributed by atoms with E-state index in [0.29, 0.717) is 11.4 Å². The van der Waals surface area contributed by atoms with Gasteiger partial charge in [-0.1, -0.05) is 66.7 Å². The average molecular weight is 315 g/mol. The molecule has 3 rings (SSSR count). The van der Waals surface area contributed by atoms with Crippen LogP contribution < -0.4 is 5.43 Å². The number of hydrogen-bond acceptors (Lipinski definition) is 2. The van der Waals surface area contributed by atoms with Gasteiger partial charge in [0.1, 0.15) is 5.69 Å². The third-order valence-electron chi connectivity index (χ3n) is 3.42. The third-order valence-corrected chi connectivity index (χ3v) is 3.42. The Morgan fingerprint density at radius 1 is 0.917 bits per heavy atom. The van der Waals surface area contributed by atoms with Gasteiger partial charge in [0.25, 0.3) is 5.91 Å².